The van der Waals surface area contributed by atoms with Crippen LogP contribution in [0.25, 0.3) is 0 Å². The highest BCUT2D eigenvalue weighted by molar-refractivity contribution is 7.46. The molecule has 0 heterocycles. The van der Waals surface area contributed by atoms with Gasteiger partial charge in [0, 0.05) is 0 Å². The molecule has 0 aromatic rings. The zero-order valence-electron chi connectivity index (χ0n) is 9.36. The molecule has 116 valence electrons. The van der Waals surface area contributed by atoms with Crippen molar-refractivity contribution < 1.29 is 50.9 Å². The summed E-state index contributed by atoms with van der Waals surface area (Å²) < 4.78 is 66.4. The summed E-state index contributed by atoms with van der Waals surface area (Å²) in [4.78, 5) is 33.4. The van der Waals surface area contributed by atoms with Gasteiger partial charge in [-0.05, 0) is 12.8 Å². The maximum Gasteiger partial charge on any atom is 0.470 e. The molecule has 0 saturated carbocycles. The first-order valence-electron chi connectivity index (χ1n) is 4.75. The summed E-state index contributed by atoms with van der Waals surface area (Å²) in [6, 6.07) is 0. The van der Waals surface area contributed by atoms with Crippen LogP contribution in [0.4, 0.5) is 13.2 Å². The van der Waals surface area contributed by atoms with Crippen molar-refractivity contribution in [2.75, 3.05) is 13.3 Å². The molecule has 0 radical (unpaired) electrons. The van der Waals surface area contributed by atoms with Crippen molar-refractivity contribution >= 4 is 15.6 Å². The Morgan fingerprint density at radius 1 is 1.11 bits per heavy atom. The highest BCUT2D eigenvalue weighted by Crippen LogP contribution is 2.43. The van der Waals surface area contributed by atoms with Crippen molar-refractivity contribution in [3.8, 4) is 0 Å². The molecular formula is C6H13F3O8P2. The summed E-state index contributed by atoms with van der Waals surface area (Å²) in [6.07, 6.45) is -3.62. The number of hydrogen-bond acceptors (Lipinski definition) is 4. The van der Waals surface area contributed by atoms with Crippen LogP contribution in [0, 0.1) is 0 Å². The SMILES string of the molecule is O=P(O)(O)OCCCC(OP(=O)(O)O)C(F)(F)CF. The van der Waals surface area contributed by atoms with E-state index in [9.17, 15) is 22.3 Å². The van der Waals surface area contributed by atoms with Crippen LogP contribution in [0.3, 0.4) is 0 Å². The van der Waals surface area contributed by atoms with Gasteiger partial charge in [0.15, 0.2) is 6.67 Å². The minimum absolute atomic E-state index is 0.425. The molecule has 0 spiro atoms. The lowest BCUT2D eigenvalue weighted by atomic mass is 10.1. The summed E-state index contributed by atoms with van der Waals surface area (Å²) in [5.41, 5.74) is 0. The van der Waals surface area contributed by atoms with Crippen LogP contribution in [0.1, 0.15) is 12.8 Å². The predicted molar refractivity (Wildman–Crippen MR) is 55.1 cm³/mol. The molecule has 1 atom stereocenters. The molecule has 0 bridgehead atoms. The Kier molecular flexibility index (Phi) is 7.15. The van der Waals surface area contributed by atoms with Gasteiger partial charge in [-0.1, -0.05) is 0 Å². The maximum atomic E-state index is 13.0. The number of phosphoric ester groups is 2. The van der Waals surface area contributed by atoms with Crippen molar-refractivity contribution in [1.29, 1.82) is 0 Å². The molecule has 0 aliphatic heterocycles. The van der Waals surface area contributed by atoms with Gasteiger partial charge < -0.3 is 19.6 Å². The van der Waals surface area contributed by atoms with Crippen LogP contribution in [-0.4, -0.2) is 44.9 Å². The molecule has 0 aliphatic carbocycles. The molecule has 4 N–H and O–H groups in total. The van der Waals surface area contributed by atoms with Gasteiger partial charge >= 0.3 is 21.6 Å². The zero-order chi connectivity index (χ0) is 15.3. The van der Waals surface area contributed by atoms with Crippen LogP contribution in [0.15, 0.2) is 0 Å². The molecule has 0 saturated heterocycles. The van der Waals surface area contributed by atoms with Crippen molar-refractivity contribution in [3.05, 3.63) is 0 Å². The van der Waals surface area contributed by atoms with Crippen molar-refractivity contribution in [2.45, 2.75) is 24.9 Å². The Morgan fingerprint density at radius 3 is 2.00 bits per heavy atom. The maximum absolute atomic E-state index is 13.0. The van der Waals surface area contributed by atoms with Crippen molar-refractivity contribution in [3.63, 3.8) is 0 Å². The fraction of sp³-hybridized carbons (Fsp3) is 1.00. The van der Waals surface area contributed by atoms with E-state index in [4.69, 9.17) is 19.6 Å². The van der Waals surface area contributed by atoms with Gasteiger partial charge in [0.25, 0.3) is 0 Å². The number of rotatable bonds is 9. The third-order valence-corrected chi connectivity index (χ3v) is 2.83. The lowest BCUT2D eigenvalue weighted by Crippen LogP contribution is -2.37. The van der Waals surface area contributed by atoms with Gasteiger partial charge in [-0.15, -0.1) is 0 Å². The van der Waals surface area contributed by atoms with Crippen LogP contribution < -0.4 is 0 Å². The standard InChI is InChI=1S/C6H13F3O8P2/c7-4-6(8,9)5(17-19(13,14)15)2-1-3-16-18(10,11)12/h5H,1-4H2,(H2,10,11,12)(H2,13,14,15). The quantitative estimate of drug-likeness (QED) is 0.362. The normalized spacial score (nSPS) is 15.5. The van der Waals surface area contributed by atoms with Crippen LogP contribution in [0.2, 0.25) is 0 Å². The highest BCUT2D eigenvalue weighted by Gasteiger charge is 2.43. The molecule has 0 aromatic heterocycles. The second-order valence-electron chi connectivity index (χ2n) is 3.45. The third-order valence-electron chi connectivity index (χ3n) is 1.78. The smallest absolute Gasteiger partial charge is 0.303 e. The van der Waals surface area contributed by atoms with E-state index in [0.29, 0.717) is 0 Å². The van der Waals surface area contributed by atoms with Crippen molar-refractivity contribution in [1.82, 2.24) is 0 Å². The average molecular weight is 332 g/mol. The van der Waals surface area contributed by atoms with Gasteiger partial charge in [0.1, 0.15) is 6.10 Å². The second kappa shape index (κ2) is 7.14. The predicted octanol–water partition coefficient (Wildman–Crippen LogP) is 0.959. The first kappa shape index (κ1) is 19.0. The number of phosphoric acid groups is 2. The monoisotopic (exact) mass is 332 g/mol. The van der Waals surface area contributed by atoms with E-state index in [1.54, 1.807) is 0 Å². The molecule has 8 nitrogen and oxygen atoms in total. The summed E-state index contributed by atoms with van der Waals surface area (Å²) in [7, 11) is -10.0. The van der Waals surface area contributed by atoms with Gasteiger partial charge in [-0.2, -0.15) is 0 Å². The van der Waals surface area contributed by atoms with E-state index in [1.165, 1.54) is 0 Å². The number of halogens is 3. The third kappa shape index (κ3) is 9.53. The zero-order valence-corrected chi connectivity index (χ0v) is 11.1. The van der Waals surface area contributed by atoms with E-state index in [2.05, 4.69) is 9.05 Å². The molecule has 1 unspecified atom stereocenters. The lowest BCUT2D eigenvalue weighted by molar-refractivity contribution is -0.119. The molecule has 0 fully saturated rings. The Balaban J connectivity index is 4.45. The van der Waals surface area contributed by atoms with Gasteiger partial charge in [0.05, 0.1) is 6.61 Å². The van der Waals surface area contributed by atoms with E-state index < -0.39 is 53.8 Å². The summed E-state index contributed by atoms with van der Waals surface area (Å²) in [5.74, 6) is -4.14. The number of hydrogen-bond donors (Lipinski definition) is 4. The fourth-order valence-corrected chi connectivity index (χ4v) is 2.00. The highest BCUT2D eigenvalue weighted by atomic mass is 31.2. The molecule has 0 amide bonds. The van der Waals surface area contributed by atoms with E-state index in [-0.39, 0.29) is 0 Å². The lowest BCUT2D eigenvalue weighted by Gasteiger charge is -2.24. The molecule has 0 aliphatic rings. The van der Waals surface area contributed by atoms with E-state index >= 15 is 0 Å². The van der Waals surface area contributed by atoms with E-state index in [1.807, 2.05) is 0 Å². The van der Waals surface area contributed by atoms with Crippen LogP contribution >= 0.6 is 15.6 Å². The van der Waals surface area contributed by atoms with Gasteiger partial charge in [-0.25, -0.2) is 22.3 Å². The molecule has 13 heteroatoms. The second-order valence-corrected chi connectivity index (χ2v) is 5.88. The Hall–Kier alpha value is 0.01000. The Morgan fingerprint density at radius 2 is 1.63 bits per heavy atom. The summed E-state index contributed by atoms with van der Waals surface area (Å²) in [5, 5.41) is 0. The van der Waals surface area contributed by atoms with Gasteiger partial charge in [-0.3, -0.25) is 9.05 Å². The molecule has 0 aromatic carbocycles. The summed E-state index contributed by atoms with van der Waals surface area (Å²) in [6.45, 7) is -2.86. The fourth-order valence-electron chi connectivity index (χ4n) is 1.04. The van der Waals surface area contributed by atoms with Crippen molar-refractivity contribution in [2.24, 2.45) is 0 Å². The Labute approximate surface area is 106 Å². The minimum Gasteiger partial charge on any atom is -0.303 e. The van der Waals surface area contributed by atoms with Crippen LogP contribution in [0.5, 0.6) is 0 Å². The molecule has 19 heavy (non-hydrogen) atoms. The largest absolute Gasteiger partial charge is 0.470 e. The van der Waals surface area contributed by atoms with Crippen LogP contribution in [-0.2, 0) is 18.2 Å². The molecular weight excluding hydrogens is 319 g/mol. The molecule has 0 rings (SSSR count). The topological polar surface area (TPSA) is 134 Å². The van der Waals surface area contributed by atoms with E-state index in [0.717, 1.165) is 0 Å². The first-order chi connectivity index (χ1) is 8.37. The van der Waals surface area contributed by atoms with Gasteiger partial charge in [0.2, 0.25) is 0 Å². The average Bonchev–Trinajstić information content (AvgIpc) is 2.19. The Bertz CT molecular complexity index is 365. The number of alkyl halides is 3. The minimum atomic E-state index is -5.25. The first-order valence-corrected chi connectivity index (χ1v) is 7.81. The summed E-state index contributed by atoms with van der Waals surface area (Å²) >= 11 is 0.